The second kappa shape index (κ2) is 6.51. The van der Waals surface area contributed by atoms with E-state index in [2.05, 4.69) is 6.58 Å². The lowest BCUT2D eigenvalue weighted by molar-refractivity contribution is -0.121. The Hall–Kier alpha value is -1.50. The number of thiocarbonyl (C=S) groups is 1. The van der Waals surface area contributed by atoms with Crippen molar-refractivity contribution in [2.24, 2.45) is 0 Å². The van der Waals surface area contributed by atoms with E-state index in [0.29, 0.717) is 26.4 Å². The summed E-state index contributed by atoms with van der Waals surface area (Å²) in [6, 6.07) is 2.94. The zero-order valence-corrected chi connectivity index (χ0v) is 13.5. The molecule has 1 fully saturated rings. The first kappa shape index (κ1) is 15.9. The molecule has 0 saturated carbocycles. The van der Waals surface area contributed by atoms with E-state index in [1.807, 2.05) is 0 Å². The van der Waals surface area contributed by atoms with Gasteiger partial charge in [-0.2, -0.15) is 0 Å². The molecule has 1 aliphatic heterocycles. The Balaban J connectivity index is 2.39. The lowest BCUT2D eigenvalue weighted by atomic mass is 10.2. The van der Waals surface area contributed by atoms with Crippen LogP contribution in [-0.4, -0.2) is 33.9 Å². The molecule has 1 N–H and O–H groups in total. The topological polar surface area (TPSA) is 49.8 Å². The molecular weight excluding hydrogens is 330 g/mol. The molecule has 1 saturated heterocycles. The summed E-state index contributed by atoms with van der Waals surface area (Å²) in [7, 11) is 1.44. The normalized spacial score (nSPS) is 16.7. The van der Waals surface area contributed by atoms with Crippen LogP contribution in [0, 0.1) is 0 Å². The number of phenolic OH excluding ortho intramolecular Hbond substituents is 1. The van der Waals surface area contributed by atoms with Gasteiger partial charge in [-0.15, -0.1) is 6.58 Å². The fraction of sp³-hybridized carbons (Fsp3) is 0.143. The van der Waals surface area contributed by atoms with Crippen LogP contribution in [0.5, 0.6) is 11.5 Å². The number of rotatable bonds is 4. The summed E-state index contributed by atoms with van der Waals surface area (Å²) >= 11 is 12.4. The highest BCUT2D eigenvalue weighted by molar-refractivity contribution is 8.26. The lowest BCUT2D eigenvalue weighted by Gasteiger charge is -2.10. The summed E-state index contributed by atoms with van der Waals surface area (Å²) in [6.07, 6.45) is 3.25. The maximum absolute atomic E-state index is 12.2. The van der Waals surface area contributed by atoms with E-state index in [-0.39, 0.29) is 17.4 Å². The Morgan fingerprint density at radius 2 is 2.29 bits per heavy atom. The fourth-order valence-electron chi connectivity index (χ4n) is 1.76. The van der Waals surface area contributed by atoms with Gasteiger partial charge in [0.1, 0.15) is 4.32 Å². The molecule has 1 aromatic carbocycles. The van der Waals surface area contributed by atoms with Gasteiger partial charge in [-0.05, 0) is 17.7 Å². The van der Waals surface area contributed by atoms with E-state index in [9.17, 15) is 9.90 Å². The number of carbonyl (C=O) groups is 1. The third-order valence-electron chi connectivity index (χ3n) is 2.77. The molecule has 21 heavy (non-hydrogen) atoms. The molecule has 4 nitrogen and oxygen atoms in total. The number of benzene rings is 1. The van der Waals surface area contributed by atoms with Crippen LogP contribution in [0.15, 0.2) is 29.7 Å². The molecule has 1 heterocycles. The van der Waals surface area contributed by atoms with Crippen LogP contribution in [0.2, 0.25) is 5.02 Å². The zero-order valence-electron chi connectivity index (χ0n) is 11.1. The number of phenols is 1. The number of halogens is 1. The number of hydrogen-bond donors (Lipinski definition) is 1. The Morgan fingerprint density at radius 3 is 2.90 bits per heavy atom. The molecule has 110 valence electrons. The minimum atomic E-state index is -0.187. The Bertz CT molecular complexity index is 658. The number of aromatic hydroxyl groups is 1. The highest BCUT2D eigenvalue weighted by Gasteiger charge is 2.31. The molecule has 1 aromatic rings. The van der Waals surface area contributed by atoms with Gasteiger partial charge in [-0.1, -0.05) is 41.7 Å². The van der Waals surface area contributed by atoms with Gasteiger partial charge in [0.2, 0.25) is 0 Å². The maximum Gasteiger partial charge on any atom is 0.266 e. The van der Waals surface area contributed by atoms with E-state index >= 15 is 0 Å². The summed E-state index contributed by atoms with van der Waals surface area (Å²) in [4.78, 5) is 14.2. The van der Waals surface area contributed by atoms with Crippen molar-refractivity contribution in [3.05, 3.63) is 40.3 Å². The molecule has 0 unspecified atom stereocenters. The van der Waals surface area contributed by atoms with Crippen molar-refractivity contribution in [2.75, 3.05) is 13.7 Å². The van der Waals surface area contributed by atoms with Gasteiger partial charge in [0.15, 0.2) is 11.5 Å². The first-order chi connectivity index (χ1) is 9.97. The number of hydrogen-bond acceptors (Lipinski definition) is 5. The Morgan fingerprint density at radius 1 is 1.57 bits per heavy atom. The van der Waals surface area contributed by atoms with E-state index in [1.165, 1.54) is 29.8 Å². The molecular formula is C14H12ClNO3S2. The standard InChI is InChI=1S/C14H12ClNO3S2/c1-3-4-16-13(18)12(21-14(16)20)6-8-5-11(19-2)10(17)7-9(8)15/h3,5-7,17H,1,4H2,2H3. The van der Waals surface area contributed by atoms with Crippen LogP contribution in [0.1, 0.15) is 5.56 Å². The number of methoxy groups -OCH3 is 1. The fourth-order valence-corrected chi connectivity index (χ4v) is 3.24. The molecule has 0 bridgehead atoms. The average Bonchev–Trinajstić information content (AvgIpc) is 2.70. The quantitative estimate of drug-likeness (QED) is 0.516. The van der Waals surface area contributed by atoms with Crippen molar-refractivity contribution in [1.82, 2.24) is 4.90 Å². The summed E-state index contributed by atoms with van der Waals surface area (Å²) in [5.41, 5.74) is 0.574. The molecule has 0 atom stereocenters. The van der Waals surface area contributed by atoms with Gasteiger partial charge in [0, 0.05) is 12.6 Å². The number of nitrogens with zero attached hydrogens (tertiary/aromatic N) is 1. The van der Waals surface area contributed by atoms with Gasteiger partial charge in [0.25, 0.3) is 5.91 Å². The highest BCUT2D eigenvalue weighted by Crippen LogP contribution is 2.37. The summed E-state index contributed by atoms with van der Waals surface area (Å²) in [6.45, 7) is 3.97. The maximum atomic E-state index is 12.2. The summed E-state index contributed by atoms with van der Waals surface area (Å²) < 4.78 is 5.51. The van der Waals surface area contributed by atoms with Crippen molar-refractivity contribution in [3.63, 3.8) is 0 Å². The molecule has 1 aliphatic rings. The van der Waals surface area contributed by atoms with E-state index in [1.54, 1.807) is 18.2 Å². The average molecular weight is 342 g/mol. The van der Waals surface area contributed by atoms with Gasteiger partial charge in [0.05, 0.1) is 17.0 Å². The van der Waals surface area contributed by atoms with Gasteiger partial charge in [-0.3, -0.25) is 9.69 Å². The Kier molecular flexibility index (Phi) is 4.92. The summed E-state index contributed by atoms with van der Waals surface area (Å²) in [5.74, 6) is 0.0408. The highest BCUT2D eigenvalue weighted by atomic mass is 35.5. The molecule has 0 radical (unpaired) electrons. The largest absolute Gasteiger partial charge is 0.504 e. The van der Waals surface area contributed by atoms with Crippen molar-refractivity contribution in [2.45, 2.75) is 0 Å². The van der Waals surface area contributed by atoms with Gasteiger partial charge < -0.3 is 9.84 Å². The first-order valence-electron chi connectivity index (χ1n) is 5.90. The molecule has 0 spiro atoms. The molecule has 7 heteroatoms. The van der Waals surface area contributed by atoms with Gasteiger partial charge in [-0.25, -0.2) is 0 Å². The minimum absolute atomic E-state index is 0.0566. The van der Waals surface area contributed by atoms with E-state index in [0.717, 1.165) is 0 Å². The molecule has 1 amide bonds. The predicted octanol–water partition coefficient (Wildman–Crippen LogP) is 3.44. The third-order valence-corrected chi connectivity index (χ3v) is 4.48. The SMILES string of the molecule is C=CCN1C(=O)C(=Cc2cc(OC)c(O)cc2Cl)SC1=S. The molecule has 0 aromatic heterocycles. The monoisotopic (exact) mass is 341 g/mol. The van der Waals surface area contributed by atoms with Crippen LogP contribution >= 0.6 is 35.6 Å². The van der Waals surface area contributed by atoms with Crippen LogP contribution in [-0.2, 0) is 4.79 Å². The number of thioether (sulfide) groups is 1. The molecule has 0 aliphatic carbocycles. The molecule has 2 rings (SSSR count). The van der Waals surface area contributed by atoms with Crippen LogP contribution in [0.25, 0.3) is 6.08 Å². The number of carbonyl (C=O) groups excluding carboxylic acids is 1. The number of amides is 1. The Labute approximate surface area is 137 Å². The van der Waals surface area contributed by atoms with Crippen molar-refractivity contribution in [1.29, 1.82) is 0 Å². The second-order valence-corrected chi connectivity index (χ2v) is 6.21. The van der Waals surface area contributed by atoms with Crippen LogP contribution in [0.4, 0.5) is 0 Å². The zero-order chi connectivity index (χ0) is 15.6. The van der Waals surface area contributed by atoms with Crippen molar-refractivity contribution >= 4 is 51.9 Å². The second-order valence-electron chi connectivity index (χ2n) is 4.13. The summed E-state index contributed by atoms with van der Waals surface area (Å²) in [5, 5.41) is 9.96. The van der Waals surface area contributed by atoms with Crippen molar-refractivity contribution in [3.8, 4) is 11.5 Å². The van der Waals surface area contributed by atoms with E-state index < -0.39 is 0 Å². The van der Waals surface area contributed by atoms with Crippen LogP contribution < -0.4 is 4.74 Å². The van der Waals surface area contributed by atoms with Crippen LogP contribution in [0.3, 0.4) is 0 Å². The minimum Gasteiger partial charge on any atom is -0.504 e. The lowest BCUT2D eigenvalue weighted by Crippen LogP contribution is -2.27. The van der Waals surface area contributed by atoms with Crippen molar-refractivity contribution < 1.29 is 14.6 Å². The van der Waals surface area contributed by atoms with E-state index in [4.69, 9.17) is 28.6 Å². The third kappa shape index (κ3) is 3.23. The first-order valence-corrected chi connectivity index (χ1v) is 7.51. The smallest absolute Gasteiger partial charge is 0.266 e. The number of ether oxygens (including phenoxy) is 1. The van der Waals surface area contributed by atoms with Gasteiger partial charge >= 0.3 is 0 Å². The predicted molar refractivity (Wildman–Crippen MR) is 89.7 cm³/mol.